The van der Waals surface area contributed by atoms with Gasteiger partial charge in [0.15, 0.2) is 0 Å². The summed E-state index contributed by atoms with van der Waals surface area (Å²) in [7, 11) is 0. The summed E-state index contributed by atoms with van der Waals surface area (Å²) in [5.41, 5.74) is 0.117. The van der Waals surface area contributed by atoms with Crippen LogP contribution in [0.3, 0.4) is 0 Å². The lowest BCUT2D eigenvalue weighted by atomic mass is 10.1. The molecule has 3 nitrogen and oxygen atoms in total. The number of amides is 1. The van der Waals surface area contributed by atoms with Gasteiger partial charge in [-0.2, -0.15) is 0 Å². The number of nitrogens with one attached hydrogen (secondary N) is 2. The smallest absolute Gasteiger partial charge is 0.254 e. The first kappa shape index (κ1) is 12.0. The summed E-state index contributed by atoms with van der Waals surface area (Å²) in [6.45, 7) is 3.64. The van der Waals surface area contributed by atoms with Crippen molar-refractivity contribution in [2.75, 3.05) is 13.1 Å². The number of carbonyl (C=O) groups excluding carboxylic acids is 1. The van der Waals surface area contributed by atoms with Crippen LogP contribution in [0.4, 0.5) is 4.39 Å². The Morgan fingerprint density at radius 2 is 2.29 bits per heavy atom. The highest BCUT2D eigenvalue weighted by Gasteiger charge is 2.21. The summed E-state index contributed by atoms with van der Waals surface area (Å²) in [4.78, 5) is 11.7. The van der Waals surface area contributed by atoms with Gasteiger partial charge in [-0.25, -0.2) is 4.39 Å². The fourth-order valence-corrected chi connectivity index (χ4v) is 2.17. The molecule has 0 saturated carbocycles. The number of halogens is 1. The number of hydrogen-bond donors (Lipinski definition) is 2. The SMILES string of the molecule is CC1CC(CNC(=O)c2ccccc2F)CN1. The number of hydrogen-bond acceptors (Lipinski definition) is 2. The molecule has 1 fully saturated rings. The van der Waals surface area contributed by atoms with Crippen molar-refractivity contribution >= 4 is 5.91 Å². The first-order valence-corrected chi connectivity index (χ1v) is 5.93. The van der Waals surface area contributed by atoms with Crippen LogP contribution in [0.2, 0.25) is 0 Å². The molecular formula is C13H17FN2O. The standard InChI is InChI=1S/C13H17FN2O/c1-9-6-10(7-15-9)8-16-13(17)11-4-2-3-5-12(11)14/h2-5,9-10,15H,6-8H2,1H3,(H,16,17). The van der Waals surface area contributed by atoms with Crippen LogP contribution in [0.25, 0.3) is 0 Å². The van der Waals surface area contributed by atoms with E-state index in [1.54, 1.807) is 12.1 Å². The molecule has 0 aromatic heterocycles. The maximum Gasteiger partial charge on any atom is 0.254 e. The van der Waals surface area contributed by atoms with Gasteiger partial charge in [0.25, 0.3) is 5.91 Å². The van der Waals surface area contributed by atoms with E-state index in [0.29, 0.717) is 18.5 Å². The Morgan fingerprint density at radius 3 is 2.94 bits per heavy atom. The highest BCUT2D eigenvalue weighted by molar-refractivity contribution is 5.94. The maximum absolute atomic E-state index is 13.3. The third kappa shape index (κ3) is 3.03. The van der Waals surface area contributed by atoms with Crippen LogP contribution in [-0.4, -0.2) is 25.0 Å². The van der Waals surface area contributed by atoms with Crippen molar-refractivity contribution in [2.24, 2.45) is 5.92 Å². The Morgan fingerprint density at radius 1 is 1.53 bits per heavy atom. The monoisotopic (exact) mass is 236 g/mol. The number of rotatable bonds is 3. The molecule has 1 amide bonds. The molecule has 0 aliphatic carbocycles. The van der Waals surface area contributed by atoms with Gasteiger partial charge in [-0.3, -0.25) is 4.79 Å². The van der Waals surface area contributed by atoms with E-state index >= 15 is 0 Å². The summed E-state index contributed by atoms with van der Waals surface area (Å²) >= 11 is 0. The molecule has 17 heavy (non-hydrogen) atoms. The summed E-state index contributed by atoms with van der Waals surface area (Å²) < 4.78 is 13.3. The third-order valence-corrected chi connectivity index (χ3v) is 3.11. The van der Waals surface area contributed by atoms with Crippen LogP contribution in [0.15, 0.2) is 24.3 Å². The van der Waals surface area contributed by atoms with Crippen molar-refractivity contribution in [3.63, 3.8) is 0 Å². The minimum atomic E-state index is -0.470. The minimum absolute atomic E-state index is 0.117. The molecule has 0 spiro atoms. The first-order chi connectivity index (χ1) is 8.16. The van der Waals surface area contributed by atoms with E-state index in [0.717, 1.165) is 13.0 Å². The number of carbonyl (C=O) groups is 1. The molecule has 0 radical (unpaired) electrons. The molecule has 1 heterocycles. The summed E-state index contributed by atoms with van der Waals surface area (Å²) in [6, 6.07) is 6.55. The quantitative estimate of drug-likeness (QED) is 0.836. The Hall–Kier alpha value is -1.42. The van der Waals surface area contributed by atoms with Gasteiger partial charge in [0.1, 0.15) is 5.82 Å². The van der Waals surface area contributed by atoms with Crippen LogP contribution in [0, 0.1) is 11.7 Å². The predicted molar refractivity (Wildman–Crippen MR) is 64.3 cm³/mol. The molecule has 2 atom stereocenters. The molecule has 92 valence electrons. The van der Waals surface area contributed by atoms with Gasteiger partial charge >= 0.3 is 0 Å². The van der Waals surface area contributed by atoms with Gasteiger partial charge < -0.3 is 10.6 Å². The zero-order valence-electron chi connectivity index (χ0n) is 9.87. The van der Waals surface area contributed by atoms with E-state index in [4.69, 9.17) is 0 Å². The lowest BCUT2D eigenvalue weighted by molar-refractivity contribution is 0.0944. The van der Waals surface area contributed by atoms with E-state index in [1.165, 1.54) is 12.1 Å². The van der Waals surface area contributed by atoms with Crippen LogP contribution in [0.1, 0.15) is 23.7 Å². The van der Waals surface area contributed by atoms with E-state index in [9.17, 15) is 9.18 Å². The van der Waals surface area contributed by atoms with E-state index in [2.05, 4.69) is 17.6 Å². The Bertz CT molecular complexity index is 408. The Labute approximate surface area is 100 Å². The van der Waals surface area contributed by atoms with E-state index < -0.39 is 5.82 Å². The Kier molecular flexibility index (Phi) is 3.74. The second-order valence-electron chi connectivity index (χ2n) is 4.60. The van der Waals surface area contributed by atoms with Crippen molar-refractivity contribution < 1.29 is 9.18 Å². The molecule has 2 N–H and O–H groups in total. The van der Waals surface area contributed by atoms with Gasteiger partial charge in [0.2, 0.25) is 0 Å². The van der Waals surface area contributed by atoms with Crippen LogP contribution < -0.4 is 10.6 Å². The Balaban J connectivity index is 1.88. The van der Waals surface area contributed by atoms with Crippen LogP contribution in [0.5, 0.6) is 0 Å². The molecule has 1 aromatic rings. The van der Waals surface area contributed by atoms with Crippen molar-refractivity contribution in [3.8, 4) is 0 Å². The van der Waals surface area contributed by atoms with E-state index in [1.807, 2.05) is 0 Å². The molecule has 1 aromatic carbocycles. The lowest BCUT2D eigenvalue weighted by Crippen LogP contribution is -2.30. The molecular weight excluding hydrogens is 219 g/mol. The normalized spacial score (nSPS) is 23.6. The van der Waals surface area contributed by atoms with Gasteiger partial charge in [0.05, 0.1) is 5.56 Å². The third-order valence-electron chi connectivity index (χ3n) is 3.11. The lowest BCUT2D eigenvalue weighted by Gasteiger charge is -2.10. The van der Waals surface area contributed by atoms with Gasteiger partial charge in [0, 0.05) is 12.6 Å². The maximum atomic E-state index is 13.3. The van der Waals surface area contributed by atoms with Gasteiger partial charge in [-0.1, -0.05) is 12.1 Å². The second-order valence-corrected chi connectivity index (χ2v) is 4.60. The molecule has 2 rings (SSSR count). The molecule has 2 unspecified atom stereocenters. The van der Waals surface area contributed by atoms with Crippen LogP contribution in [-0.2, 0) is 0 Å². The summed E-state index contributed by atoms with van der Waals surface area (Å²) in [5.74, 6) is -0.355. The largest absolute Gasteiger partial charge is 0.352 e. The average molecular weight is 236 g/mol. The summed E-state index contributed by atoms with van der Waals surface area (Å²) in [5, 5.41) is 6.10. The molecule has 1 aliphatic heterocycles. The predicted octanol–water partition coefficient (Wildman–Crippen LogP) is 1.55. The number of benzene rings is 1. The topological polar surface area (TPSA) is 41.1 Å². The van der Waals surface area contributed by atoms with Crippen molar-refractivity contribution in [1.82, 2.24) is 10.6 Å². The highest BCUT2D eigenvalue weighted by atomic mass is 19.1. The first-order valence-electron chi connectivity index (χ1n) is 5.93. The van der Waals surface area contributed by atoms with Crippen molar-refractivity contribution in [1.29, 1.82) is 0 Å². The highest BCUT2D eigenvalue weighted by Crippen LogP contribution is 2.12. The zero-order valence-corrected chi connectivity index (χ0v) is 9.87. The molecule has 0 bridgehead atoms. The molecule has 4 heteroatoms. The molecule has 1 aliphatic rings. The van der Waals surface area contributed by atoms with Gasteiger partial charge in [-0.05, 0) is 37.9 Å². The van der Waals surface area contributed by atoms with E-state index in [-0.39, 0.29) is 11.5 Å². The van der Waals surface area contributed by atoms with Gasteiger partial charge in [-0.15, -0.1) is 0 Å². The van der Waals surface area contributed by atoms with Crippen LogP contribution >= 0.6 is 0 Å². The fraction of sp³-hybridized carbons (Fsp3) is 0.462. The fourth-order valence-electron chi connectivity index (χ4n) is 2.17. The average Bonchev–Trinajstić information content (AvgIpc) is 2.73. The minimum Gasteiger partial charge on any atom is -0.352 e. The zero-order chi connectivity index (χ0) is 12.3. The summed E-state index contributed by atoms with van der Waals surface area (Å²) in [6.07, 6.45) is 1.05. The van der Waals surface area contributed by atoms with Crippen molar-refractivity contribution in [2.45, 2.75) is 19.4 Å². The molecule has 1 saturated heterocycles. The van der Waals surface area contributed by atoms with Crippen molar-refractivity contribution in [3.05, 3.63) is 35.6 Å². The second kappa shape index (κ2) is 5.27.